The second-order valence-corrected chi connectivity index (χ2v) is 10.4. The number of nitrogens with one attached hydrogen (secondary N) is 2. The molecular weight excluding hydrogens is 400 g/mol. The Hall–Kier alpha value is -2.24. The second kappa shape index (κ2) is 9.32. The molecule has 4 amide bonds. The van der Waals surface area contributed by atoms with Gasteiger partial charge in [-0.25, -0.2) is 9.59 Å². The Morgan fingerprint density at radius 3 is 1.97 bits per heavy atom. The van der Waals surface area contributed by atoms with Crippen LogP contribution in [-0.4, -0.2) is 48.7 Å². The fourth-order valence-electron chi connectivity index (χ4n) is 6.39. The minimum Gasteiger partial charge on any atom is -0.335 e. The average molecular weight is 439 g/mol. The summed E-state index contributed by atoms with van der Waals surface area (Å²) in [6, 6.07) is 9.22. The lowest BCUT2D eigenvalue weighted by Crippen LogP contribution is -2.53. The van der Waals surface area contributed by atoms with Gasteiger partial charge in [-0.3, -0.25) is 4.90 Å². The van der Waals surface area contributed by atoms with Crippen LogP contribution in [0.4, 0.5) is 15.3 Å². The van der Waals surface area contributed by atoms with Crippen LogP contribution in [0.2, 0.25) is 0 Å². The molecule has 2 heterocycles. The minimum absolute atomic E-state index is 0.0396. The molecule has 5 rings (SSSR count). The van der Waals surface area contributed by atoms with Gasteiger partial charge in [-0.05, 0) is 50.2 Å². The van der Waals surface area contributed by atoms with Crippen LogP contribution in [0, 0.1) is 0 Å². The fraction of sp³-hybridized carbons (Fsp3) is 0.692. The summed E-state index contributed by atoms with van der Waals surface area (Å²) < 4.78 is 0. The normalized spacial score (nSPS) is 23.8. The van der Waals surface area contributed by atoms with Crippen molar-refractivity contribution in [3.05, 3.63) is 29.8 Å². The van der Waals surface area contributed by atoms with E-state index in [0.29, 0.717) is 12.1 Å². The van der Waals surface area contributed by atoms with Gasteiger partial charge in [0.25, 0.3) is 0 Å². The van der Waals surface area contributed by atoms with E-state index in [1.54, 1.807) is 0 Å². The van der Waals surface area contributed by atoms with Gasteiger partial charge in [-0.15, -0.1) is 0 Å². The van der Waals surface area contributed by atoms with Crippen molar-refractivity contribution in [3.63, 3.8) is 0 Å². The molecule has 32 heavy (non-hydrogen) atoms. The molecule has 6 nitrogen and oxygen atoms in total. The first kappa shape index (κ1) is 21.6. The van der Waals surface area contributed by atoms with Crippen molar-refractivity contribution in [1.82, 2.24) is 15.5 Å². The molecule has 1 saturated heterocycles. The number of hydrogen-bond acceptors (Lipinski definition) is 2. The van der Waals surface area contributed by atoms with Gasteiger partial charge in [0.1, 0.15) is 0 Å². The van der Waals surface area contributed by atoms with Gasteiger partial charge in [-0.2, -0.15) is 0 Å². The third-order valence-corrected chi connectivity index (χ3v) is 8.35. The maximum Gasteiger partial charge on any atom is 0.322 e. The van der Waals surface area contributed by atoms with E-state index >= 15 is 0 Å². The largest absolute Gasteiger partial charge is 0.335 e. The highest BCUT2D eigenvalue weighted by Gasteiger charge is 2.47. The Balaban J connectivity index is 1.24. The molecule has 0 bridgehead atoms. The molecule has 1 aromatic rings. The average Bonchev–Trinajstić information content (AvgIpc) is 3.15. The molecule has 6 heteroatoms. The van der Waals surface area contributed by atoms with Crippen LogP contribution in [0.5, 0.6) is 0 Å². The van der Waals surface area contributed by atoms with Crippen molar-refractivity contribution >= 4 is 17.7 Å². The SMILES string of the molecule is O=C(NC1CCCCC1)N1CCC2(CC1)CN(C(=O)NC1CCCCC1)c1ccccc12. The van der Waals surface area contributed by atoms with Crippen LogP contribution < -0.4 is 15.5 Å². The van der Waals surface area contributed by atoms with Gasteiger partial charge in [0.15, 0.2) is 0 Å². The molecule has 3 fully saturated rings. The first-order valence-electron chi connectivity index (χ1n) is 12.9. The summed E-state index contributed by atoms with van der Waals surface area (Å²) in [6.45, 7) is 2.24. The van der Waals surface area contributed by atoms with Crippen LogP contribution in [0.1, 0.15) is 82.6 Å². The Bertz CT molecular complexity index is 821. The lowest BCUT2D eigenvalue weighted by Gasteiger charge is -2.40. The van der Waals surface area contributed by atoms with Gasteiger partial charge in [0.2, 0.25) is 0 Å². The van der Waals surface area contributed by atoms with Crippen molar-refractivity contribution in [2.75, 3.05) is 24.5 Å². The molecule has 0 radical (unpaired) electrons. The number of nitrogens with zero attached hydrogens (tertiary/aromatic N) is 2. The molecule has 0 atom stereocenters. The number of carbonyl (C=O) groups is 2. The second-order valence-electron chi connectivity index (χ2n) is 10.4. The number of urea groups is 2. The predicted molar refractivity (Wildman–Crippen MR) is 127 cm³/mol. The van der Waals surface area contributed by atoms with E-state index in [1.165, 1.54) is 44.1 Å². The Kier molecular flexibility index (Phi) is 6.29. The standard InChI is InChI=1S/C26H38N4O2/c31-24(27-20-9-3-1-4-10-20)29-17-15-26(16-18-29)19-30(23-14-8-7-13-22(23)26)25(32)28-21-11-5-2-6-12-21/h7-8,13-14,20-21H,1-6,9-12,15-19H2,(H,27,31)(H,28,32). The highest BCUT2D eigenvalue weighted by molar-refractivity contribution is 5.95. The quantitative estimate of drug-likeness (QED) is 0.688. The smallest absolute Gasteiger partial charge is 0.322 e. The fourth-order valence-corrected chi connectivity index (χ4v) is 6.39. The molecule has 1 aromatic carbocycles. The van der Waals surface area contributed by atoms with Crippen molar-refractivity contribution in [3.8, 4) is 0 Å². The van der Waals surface area contributed by atoms with Crippen LogP contribution >= 0.6 is 0 Å². The van der Waals surface area contributed by atoms with Gasteiger partial charge < -0.3 is 15.5 Å². The zero-order valence-electron chi connectivity index (χ0n) is 19.3. The summed E-state index contributed by atoms with van der Waals surface area (Å²) in [5.41, 5.74) is 2.30. The number of likely N-dealkylation sites (tertiary alicyclic amines) is 1. The van der Waals surface area contributed by atoms with Gasteiger partial charge >= 0.3 is 12.1 Å². The van der Waals surface area contributed by atoms with E-state index in [4.69, 9.17) is 0 Å². The lowest BCUT2D eigenvalue weighted by molar-refractivity contribution is 0.156. The van der Waals surface area contributed by atoms with Crippen LogP contribution in [-0.2, 0) is 5.41 Å². The van der Waals surface area contributed by atoms with Crippen LogP contribution in [0.15, 0.2) is 24.3 Å². The summed E-state index contributed by atoms with van der Waals surface area (Å²) in [4.78, 5) is 30.1. The zero-order chi connectivity index (χ0) is 22.0. The number of piperidine rings is 1. The van der Waals surface area contributed by atoms with Gasteiger partial charge in [0, 0.05) is 42.8 Å². The number of anilines is 1. The third-order valence-electron chi connectivity index (χ3n) is 8.35. The molecule has 174 valence electrons. The highest BCUT2D eigenvalue weighted by atomic mass is 16.2. The Morgan fingerprint density at radius 2 is 1.34 bits per heavy atom. The third kappa shape index (κ3) is 4.33. The number of carbonyl (C=O) groups excluding carboxylic acids is 2. The summed E-state index contributed by atoms with van der Waals surface area (Å²) in [5.74, 6) is 0. The van der Waals surface area contributed by atoms with Gasteiger partial charge in [0.05, 0.1) is 0 Å². The molecular formula is C26H38N4O2. The molecule has 2 saturated carbocycles. The Labute approximate surface area is 192 Å². The van der Waals surface area contributed by atoms with Crippen molar-refractivity contribution in [2.45, 2.75) is 94.5 Å². The van der Waals surface area contributed by atoms with E-state index in [-0.39, 0.29) is 17.5 Å². The summed E-state index contributed by atoms with van der Waals surface area (Å²) >= 11 is 0. The topological polar surface area (TPSA) is 64.7 Å². The molecule has 1 spiro atoms. The Morgan fingerprint density at radius 1 is 0.781 bits per heavy atom. The van der Waals surface area contributed by atoms with E-state index in [2.05, 4.69) is 28.8 Å². The maximum absolute atomic E-state index is 13.2. The number of benzene rings is 1. The van der Waals surface area contributed by atoms with E-state index in [1.807, 2.05) is 15.9 Å². The van der Waals surface area contributed by atoms with Crippen molar-refractivity contribution in [2.24, 2.45) is 0 Å². The highest BCUT2D eigenvalue weighted by Crippen LogP contribution is 2.47. The molecule has 0 unspecified atom stereocenters. The minimum atomic E-state index is -0.0396. The van der Waals surface area contributed by atoms with Crippen molar-refractivity contribution < 1.29 is 9.59 Å². The summed E-state index contributed by atoms with van der Waals surface area (Å²) in [6.07, 6.45) is 13.7. The number of para-hydroxylation sites is 1. The van der Waals surface area contributed by atoms with E-state index < -0.39 is 0 Å². The predicted octanol–water partition coefficient (Wildman–Crippen LogP) is 4.92. The molecule has 2 aliphatic carbocycles. The summed E-state index contributed by atoms with van der Waals surface area (Å²) in [5, 5.41) is 6.58. The van der Waals surface area contributed by atoms with E-state index in [9.17, 15) is 9.59 Å². The van der Waals surface area contributed by atoms with Crippen LogP contribution in [0.25, 0.3) is 0 Å². The molecule has 0 aromatic heterocycles. The first-order chi connectivity index (χ1) is 15.6. The van der Waals surface area contributed by atoms with Gasteiger partial charge in [-0.1, -0.05) is 56.7 Å². The number of fused-ring (bicyclic) bond motifs is 2. The lowest BCUT2D eigenvalue weighted by atomic mass is 9.74. The number of amides is 4. The summed E-state index contributed by atoms with van der Waals surface area (Å²) in [7, 11) is 0. The number of hydrogen-bond donors (Lipinski definition) is 2. The van der Waals surface area contributed by atoms with E-state index in [0.717, 1.165) is 63.8 Å². The maximum atomic E-state index is 13.2. The van der Waals surface area contributed by atoms with Crippen LogP contribution in [0.3, 0.4) is 0 Å². The zero-order valence-corrected chi connectivity index (χ0v) is 19.3. The number of rotatable bonds is 2. The molecule has 4 aliphatic rings. The monoisotopic (exact) mass is 438 g/mol. The molecule has 2 N–H and O–H groups in total. The molecule has 2 aliphatic heterocycles. The van der Waals surface area contributed by atoms with Crippen molar-refractivity contribution in [1.29, 1.82) is 0 Å². The first-order valence-corrected chi connectivity index (χ1v) is 12.9.